The third-order valence-electron chi connectivity index (χ3n) is 4.04. The maximum Gasteiger partial charge on any atom is 0.141 e. The summed E-state index contributed by atoms with van der Waals surface area (Å²) in [6, 6.07) is 1.34. The van der Waals surface area contributed by atoms with Crippen LogP contribution >= 0.6 is 0 Å². The summed E-state index contributed by atoms with van der Waals surface area (Å²) < 4.78 is 19.3. The van der Waals surface area contributed by atoms with Crippen LogP contribution in [0.2, 0.25) is 0 Å². The zero-order valence-electron chi connectivity index (χ0n) is 12.2. The van der Waals surface area contributed by atoms with Crippen LogP contribution in [0, 0.1) is 11.7 Å². The normalized spacial score (nSPS) is 28.1. The van der Waals surface area contributed by atoms with E-state index in [-0.39, 0.29) is 11.5 Å². The van der Waals surface area contributed by atoms with Gasteiger partial charge in [-0.2, -0.15) is 0 Å². The van der Waals surface area contributed by atoms with E-state index in [0.717, 1.165) is 6.20 Å². The molecule has 0 aromatic carbocycles. The Kier molecular flexibility index (Phi) is 3.22. The van der Waals surface area contributed by atoms with E-state index in [1.54, 1.807) is 6.92 Å². The topological polar surface area (TPSA) is 42.4 Å². The smallest absolute Gasteiger partial charge is 0.141 e. The molecule has 1 fully saturated rings. The van der Waals surface area contributed by atoms with Gasteiger partial charge in [0.05, 0.1) is 23.0 Å². The average molecular weight is 267 g/mol. The first-order chi connectivity index (χ1) is 8.55. The van der Waals surface area contributed by atoms with E-state index in [1.165, 1.54) is 12.3 Å². The second kappa shape index (κ2) is 4.25. The van der Waals surface area contributed by atoms with E-state index < -0.39 is 17.0 Å². The molecule has 0 aliphatic carbocycles. The number of ether oxygens (including phenoxy) is 1. The van der Waals surface area contributed by atoms with E-state index in [4.69, 9.17) is 4.74 Å². The van der Waals surface area contributed by atoms with Crippen molar-refractivity contribution in [3.63, 3.8) is 0 Å². The summed E-state index contributed by atoms with van der Waals surface area (Å²) in [7, 11) is 0. The minimum atomic E-state index is -1.17. The fraction of sp³-hybridized carbons (Fsp3) is 0.667. The molecule has 4 heteroatoms. The molecule has 1 aliphatic rings. The van der Waals surface area contributed by atoms with Crippen molar-refractivity contribution in [2.75, 3.05) is 0 Å². The first kappa shape index (κ1) is 14.4. The van der Waals surface area contributed by atoms with Gasteiger partial charge in [0.25, 0.3) is 0 Å². The number of hydrogen-bond acceptors (Lipinski definition) is 3. The Balaban J connectivity index is 2.39. The molecule has 0 bridgehead atoms. The number of halogens is 1. The highest BCUT2D eigenvalue weighted by molar-refractivity contribution is 5.22. The number of rotatable bonds is 2. The molecule has 1 aromatic heterocycles. The molecule has 2 heterocycles. The van der Waals surface area contributed by atoms with Crippen molar-refractivity contribution in [3.05, 3.63) is 29.8 Å². The van der Waals surface area contributed by atoms with Gasteiger partial charge in [0.1, 0.15) is 5.82 Å². The largest absolute Gasteiger partial charge is 0.385 e. The predicted octanol–water partition coefficient (Wildman–Crippen LogP) is 3.02. The van der Waals surface area contributed by atoms with Gasteiger partial charge in [0.15, 0.2) is 0 Å². The van der Waals surface area contributed by atoms with Gasteiger partial charge in [-0.05, 0) is 47.1 Å². The Morgan fingerprint density at radius 2 is 2.00 bits per heavy atom. The highest BCUT2D eigenvalue weighted by Crippen LogP contribution is 2.50. The molecule has 106 valence electrons. The second-order valence-electron chi connectivity index (χ2n) is 6.76. The first-order valence-corrected chi connectivity index (χ1v) is 6.58. The van der Waals surface area contributed by atoms with Crippen molar-refractivity contribution in [1.82, 2.24) is 4.98 Å². The fourth-order valence-corrected chi connectivity index (χ4v) is 3.33. The molecule has 1 aliphatic heterocycles. The lowest BCUT2D eigenvalue weighted by atomic mass is 9.72. The summed E-state index contributed by atoms with van der Waals surface area (Å²) >= 11 is 0. The van der Waals surface area contributed by atoms with Gasteiger partial charge in [0.2, 0.25) is 0 Å². The van der Waals surface area contributed by atoms with Gasteiger partial charge in [-0.15, -0.1) is 0 Å². The molecular formula is C15H22FNO2. The summed E-state index contributed by atoms with van der Waals surface area (Å²) in [6.07, 6.45) is 3.37. The molecule has 1 aromatic rings. The molecule has 1 saturated heterocycles. The number of nitrogens with zero attached hydrogens (tertiary/aromatic N) is 1. The summed E-state index contributed by atoms with van der Waals surface area (Å²) in [5, 5.41) is 10.9. The van der Waals surface area contributed by atoms with Crippen molar-refractivity contribution < 1.29 is 14.2 Å². The molecule has 1 N–H and O–H groups in total. The van der Waals surface area contributed by atoms with Gasteiger partial charge in [-0.25, -0.2) is 4.39 Å². The van der Waals surface area contributed by atoms with E-state index in [1.807, 2.05) is 27.7 Å². The average Bonchev–Trinajstić information content (AvgIpc) is 2.47. The van der Waals surface area contributed by atoms with Crippen LogP contribution in [0.1, 0.15) is 46.6 Å². The van der Waals surface area contributed by atoms with Crippen LogP contribution in [0.3, 0.4) is 0 Å². The molecule has 19 heavy (non-hydrogen) atoms. The summed E-state index contributed by atoms with van der Waals surface area (Å²) in [5.41, 5.74) is -1.45. The molecule has 0 radical (unpaired) electrons. The molecule has 0 amide bonds. The molecule has 3 nitrogen and oxygen atoms in total. The van der Waals surface area contributed by atoms with E-state index in [9.17, 15) is 9.50 Å². The van der Waals surface area contributed by atoms with Crippen LogP contribution in [0.4, 0.5) is 4.39 Å². The minimum absolute atomic E-state index is 0.126. The zero-order chi connectivity index (χ0) is 14.5. The number of aromatic nitrogens is 1. The van der Waals surface area contributed by atoms with Crippen LogP contribution in [0.5, 0.6) is 0 Å². The quantitative estimate of drug-likeness (QED) is 0.895. The molecule has 0 spiro atoms. The maximum absolute atomic E-state index is 13.3. The first-order valence-electron chi connectivity index (χ1n) is 6.58. The summed E-state index contributed by atoms with van der Waals surface area (Å²) in [6.45, 7) is 9.66. The highest BCUT2D eigenvalue weighted by atomic mass is 19.1. The molecule has 0 saturated carbocycles. The Morgan fingerprint density at radius 3 is 2.47 bits per heavy atom. The van der Waals surface area contributed by atoms with Crippen LogP contribution in [0.25, 0.3) is 0 Å². The summed E-state index contributed by atoms with van der Waals surface area (Å²) in [4.78, 5) is 3.83. The van der Waals surface area contributed by atoms with Crippen molar-refractivity contribution in [3.8, 4) is 0 Å². The molecular weight excluding hydrogens is 245 g/mol. The number of pyridine rings is 1. The summed E-state index contributed by atoms with van der Waals surface area (Å²) in [5.74, 6) is -0.563. The van der Waals surface area contributed by atoms with Gasteiger partial charge in [-0.3, -0.25) is 4.98 Å². The third-order valence-corrected chi connectivity index (χ3v) is 4.04. The van der Waals surface area contributed by atoms with Gasteiger partial charge < -0.3 is 9.84 Å². The van der Waals surface area contributed by atoms with Gasteiger partial charge in [-0.1, -0.05) is 0 Å². The van der Waals surface area contributed by atoms with Gasteiger partial charge >= 0.3 is 0 Å². The fourth-order valence-electron chi connectivity index (χ4n) is 3.33. The second-order valence-corrected chi connectivity index (χ2v) is 6.76. The zero-order valence-corrected chi connectivity index (χ0v) is 12.2. The standard InChI is InChI=1S/C15H22FNO2/c1-13(2)7-12(14(3,4)19-13)15(5,18)10-6-11(16)9-17-8-10/h6,8-9,12,18H,7H2,1-5H3. The van der Waals surface area contributed by atoms with Crippen molar-refractivity contribution in [2.45, 2.75) is 57.8 Å². The van der Waals surface area contributed by atoms with E-state index >= 15 is 0 Å². The lowest BCUT2D eigenvalue weighted by Gasteiger charge is -2.37. The third kappa shape index (κ3) is 2.65. The lowest BCUT2D eigenvalue weighted by molar-refractivity contribution is -0.111. The van der Waals surface area contributed by atoms with Crippen LogP contribution in [0.15, 0.2) is 18.5 Å². The number of aliphatic hydroxyl groups is 1. The van der Waals surface area contributed by atoms with Crippen LogP contribution in [-0.2, 0) is 10.3 Å². The number of hydrogen-bond donors (Lipinski definition) is 1. The monoisotopic (exact) mass is 267 g/mol. The highest BCUT2D eigenvalue weighted by Gasteiger charge is 2.53. The maximum atomic E-state index is 13.3. The van der Waals surface area contributed by atoms with Crippen LogP contribution < -0.4 is 0 Å². The van der Waals surface area contributed by atoms with Crippen molar-refractivity contribution in [2.24, 2.45) is 5.92 Å². The Labute approximate surface area is 113 Å². The van der Waals surface area contributed by atoms with Crippen molar-refractivity contribution in [1.29, 1.82) is 0 Å². The predicted molar refractivity (Wildman–Crippen MR) is 71.1 cm³/mol. The minimum Gasteiger partial charge on any atom is -0.385 e. The Bertz CT molecular complexity index is 483. The Morgan fingerprint density at radius 1 is 1.37 bits per heavy atom. The van der Waals surface area contributed by atoms with E-state index in [2.05, 4.69) is 4.98 Å². The lowest BCUT2D eigenvalue weighted by Crippen LogP contribution is -2.42. The van der Waals surface area contributed by atoms with E-state index in [0.29, 0.717) is 12.0 Å². The molecule has 2 unspecified atom stereocenters. The van der Waals surface area contributed by atoms with Crippen LogP contribution in [-0.4, -0.2) is 21.3 Å². The van der Waals surface area contributed by atoms with Crippen molar-refractivity contribution >= 4 is 0 Å². The molecule has 2 rings (SSSR count). The SMILES string of the molecule is CC1(C)CC(C(C)(O)c2cncc(F)c2)C(C)(C)O1. The Hall–Kier alpha value is -1.00. The molecule has 2 atom stereocenters. The van der Waals surface area contributed by atoms with Gasteiger partial charge in [0, 0.05) is 17.7 Å².